The lowest BCUT2D eigenvalue weighted by Gasteiger charge is -2.18. The normalized spacial score (nSPS) is 12.1. The van der Waals surface area contributed by atoms with Crippen molar-refractivity contribution in [1.29, 1.82) is 0 Å². The van der Waals surface area contributed by atoms with Crippen molar-refractivity contribution in [2.24, 2.45) is 0 Å². The summed E-state index contributed by atoms with van der Waals surface area (Å²) >= 11 is 0. The van der Waals surface area contributed by atoms with Crippen molar-refractivity contribution in [3.05, 3.63) is 182 Å². The molecule has 0 unspecified atom stereocenters. The van der Waals surface area contributed by atoms with Crippen molar-refractivity contribution in [2.45, 2.75) is 0 Å². The fraction of sp³-hybridized carbons (Fsp3) is 0. The van der Waals surface area contributed by atoms with Crippen LogP contribution in [0.15, 0.2) is 191 Å². The zero-order chi connectivity index (χ0) is 35.3. The van der Waals surface area contributed by atoms with Gasteiger partial charge in [0.05, 0.1) is 0 Å². The highest BCUT2D eigenvalue weighted by atomic mass is 16.3. The molecule has 0 atom stereocenters. The summed E-state index contributed by atoms with van der Waals surface area (Å²) < 4.78 is 13.0. The minimum Gasteiger partial charge on any atom is -0.455 e. The SMILES string of the molecule is c1ccc(-c2ccc3cc(-c4c5ccccc5c(-c5ccc6oc7c(ccc8c7ccc7c9ccccc9oc78)c6c5)c5ccccc45)ccc3c2)cc1. The van der Waals surface area contributed by atoms with Crippen LogP contribution in [-0.4, -0.2) is 0 Å². The molecule has 0 bridgehead atoms. The average molecular weight is 687 g/mol. The van der Waals surface area contributed by atoms with E-state index in [4.69, 9.17) is 8.83 Å². The molecule has 0 N–H and O–H groups in total. The number of rotatable bonds is 3. The Bertz CT molecular complexity index is 3430. The number of hydrogen-bond acceptors (Lipinski definition) is 2. The van der Waals surface area contributed by atoms with Gasteiger partial charge in [-0.2, -0.15) is 0 Å². The van der Waals surface area contributed by atoms with Crippen LogP contribution in [-0.2, 0) is 0 Å². The van der Waals surface area contributed by atoms with E-state index in [-0.39, 0.29) is 0 Å². The Labute approximate surface area is 310 Å². The Morgan fingerprint density at radius 3 is 1.28 bits per heavy atom. The van der Waals surface area contributed by atoms with Crippen molar-refractivity contribution in [1.82, 2.24) is 0 Å². The molecule has 12 rings (SSSR count). The minimum atomic E-state index is 0.878. The van der Waals surface area contributed by atoms with Gasteiger partial charge in [-0.15, -0.1) is 0 Å². The van der Waals surface area contributed by atoms with E-state index in [2.05, 4.69) is 170 Å². The Hall–Kier alpha value is -7.16. The Balaban J connectivity index is 1.05. The summed E-state index contributed by atoms with van der Waals surface area (Å²) in [5.74, 6) is 0. The third-order valence-electron chi connectivity index (χ3n) is 11.4. The van der Waals surface area contributed by atoms with Crippen LogP contribution < -0.4 is 0 Å². The van der Waals surface area contributed by atoms with Gasteiger partial charge in [-0.3, -0.25) is 0 Å². The molecule has 2 heterocycles. The van der Waals surface area contributed by atoms with Crippen LogP contribution in [0.3, 0.4) is 0 Å². The van der Waals surface area contributed by atoms with Gasteiger partial charge < -0.3 is 8.83 Å². The predicted molar refractivity (Wildman–Crippen MR) is 227 cm³/mol. The van der Waals surface area contributed by atoms with Gasteiger partial charge in [0.1, 0.15) is 22.3 Å². The number of hydrogen-bond donors (Lipinski definition) is 0. The van der Waals surface area contributed by atoms with Crippen LogP contribution in [0, 0.1) is 0 Å². The maximum Gasteiger partial charge on any atom is 0.143 e. The third-order valence-corrected chi connectivity index (χ3v) is 11.4. The number of para-hydroxylation sites is 1. The predicted octanol–water partition coefficient (Wildman–Crippen LogP) is 15.1. The second-order valence-electron chi connectivity index (χ2n) is 14.4. The molecule has 0 radical (unpaired) electrons. The highest BCUT2D eigenvalue weighted by Gasteiger charge is 2.20. The average Bonchev–Trinajstić information content (AvgIpc) is 3.81. The molecular weight excluding hydrogens is 657 g/mol. The summed E-state index contributed by atoms with van der Waals surface area (Å²) in [5, 5.41) is 14.0. The van der Waals surface area contributed by atoms with Gasteiger partial charge >= 0.3 is 0 Å². The first-order chi connectivity index (χ1) is 26.8. The largest absolute Gasteiger partial charge is 0.455 e. The lowest BCUT2D eigenvalue weighted by atomic mass is 9.85. The standard InChI is InChI=1S/C52H30O2/c1-2-10-31(11-3-1)32-18-19-34-29-35(21-20-33(34)28-32)49-38-13-4-6-15-40(38)50(41-16-7-5-14-39(41)49)36-22-27-48-46(30-36)45-26-25-43-44(52(45)54-48)24-23-42-37-12-8-9-17-47(37)53-51(42)43/h1-30H. The van der Waals surface area contributed by atoms with Gasteiger partial charge in [-0.25, -0.2) is 0 Å². The third kappa shape index (κ3) is 4.22. The van der Waals surface area contributed by atoms with E-state index in [1.165, 1.54) is 65.7 Å². The fourth-order valence-electron chi connectivity index (χ4n) is 8.94. The van der Waals surface area contributed by atoms with Gasteiger partial charge in [0.25, 0.3) is 0 Å². The number of fused-ring (bicyclic) bond motifs is 12. The Kier molecular flexibility index (Phi) is 6.09. The fourth-order valence-corrected chi connectivity index (χ4v) is 8.94. The van der Waals surface area contributed by atoms with Gasteiger partial charge in [-0.05, 0) is 120 Å². The van der Waals surface area contributed by atoms with E-state index in [0.717, 1.165) is 54.6 Å². The quantitative estimate of drug-likeness (QED) is 0.173. The number of benzene rings is 10. The number of furan rings is 2. The molecule has 0 aliphatic carbocycles. The van der Waals surface area contributed by atoms with Crippen LogP contribution in [0.5, 0.6) is 0 Å². The first kappa shape index (κ1) is 29.4. The van der Waals surface area contributed by atoms with E-state index >= 15 is 0 Å². The van der Waals surface area contributed by atoms with E-state index in [1.807, 2.05) is 12.1 Å². The molecule has 0 aliphatic rings. The van der Waals surface area contributed by atoms with Crippen molar-refractivity contribution in [3.63, 3.8) is 0 Å². The molecule has 2 nitrogen and oxygen atoms in total. The lowest BCUT2D eigenvalue weighted by Crippen LogP contribution is -1.91. The summed E-state index contributed by atoms with van der Waals surface area (Å²) in [6, 6.07) is 65.7. The lowest BCUT2D eigenvalue weighted by molar-refractivity contribution is 0.669. The molecule has 0 amide bonds. The smallest absolute Gasteiger partial charge is 0.143 e. The first-order valence-electron chi connectivity index (χ1n) is 18.5. The second kappa shape index (κ2) is 11.2. The van der Waals surface area contributed by atoms with Crippen LogP contribution in [0.1, 0.15) is 0 Å². The van der Waals surface area contributed by atoms with Crippen molar-refractivity contribution < 1.29 is 8.83 Å². The monoisotopic (exact) mass is 686 g/mol. The highest BCUT2D eigenvalue weighted by molar-refractivity contribution is 6.25. The summed E-state index contributed by atoms with van der Waals surface area (Å²) in [6.45, 7) is 0. The molecule has 54 heavy (non-hydrogen) atoms. The second-order valence-corrected chi connectivity index (χ2v) is 14.4. The molecule has 250 valence electrons. The topological polar surface area (TPSA) is 26.3 Å². The zero-order valence-electron chi connectivity index (χ0n) is 29.1. The van der Waals surface area contributed by atoms with Gasteiger partial charge in [0, 0.05) is 32.3 Å². The molecule has 2 aromatic heterocycles. The first-order valence-corrected chi connectivity index (χ1v) is 18.5. The highest BCUT2D eigenvalue weighted by Crippen LogP contribution is 2.46. The van der Waals surface area contributed by atoms with Crippen molar-refractivity contribution in [2.75, 3.05) is 0 Å². The van der Waals surface area contributed by atoms with E-state index in [9.17, 15) is 0 Å². The zero-order valence-corrected chi connectivity index (χ0v) is 29.1. The molecule has 0 aliphatic heterocycles. The van der Waals surface area contributed by atoms with Gasteiger partial charge in [0.15, 0.2) is 0 Å². The van der Waals surface area contributed by atoms with Crippen molar-refractivity contribution in [3.8, 4) is 33.4 Å². The summed E-state index contributed by atoms with van der Waals surface area (Å²) in [6.07, 6.45) is 0. The molecule has 0 spiro atoms. The Morgan fingerprint density at radius 2 is 0.667 bits per heavy atom. The van der Waals surface area contributed by atoms with Crippen LogP contribution >= 0.6 is 0 Å². The van der Waals surface area contributed by atoms with Gasteiger partial charge in [-0.1, -0.05) is 127 Å². The molecule has 0 saturated carbocycles. The summed E-state index contributed by atoms with van der Waals surface area (Å²) in [7, 11) is 0. The molecule has 2 heteroatoms. The van der Waals surface area contributed by atoms with E-state index < -0.39 is 0 Å². The van der Waals surface area contributed by atoms with Crippen LogP contribution in [0.25, 0.3) is 120 Å². The molecule has 12 aromatic rings. The molecule has 10 aromatic carbocycles. The van der Waals surface area contributed by atoms with Crippen LogP contribution in [0.2, 0.25) is 0 Å². The Morgan fingerprint density at radius 1 is 0.241 bits per heavy atom. The summed E-state index contributed by atoms with van der Waals surface area (Å²) in [4.78, 5) is 0. The molecule has 0 saturated heterocycles. The van der Waals surface area contributed by atoms with Gasteiger partial charge in [0.2, 0.25) is 0 Å². The van der Waals surface area contributed by atoms with Crippen LogP contribution in [0.4, 0.5) is 0 Å². The molecular formula is C52H30O2. The van der Waals surface area contributed by atoms with E-state index in [0.29, 0.717) is 0 Å². The maximum absolute atomic E-state index is 6.66. The molecule has 0 fully saturated rings. The van der Waals surface area contributed by atoms with E-state index in [1.54, 1.807) is 0 Å². The minimum absolute atomic E-state index is 0.878. The van der Waals surface area contributed by atoms with Crippen molar-refractivity contribution >= 4 is 87.0 Å². The summed E-state index contributed by atoms with van der Waals surface area (Å²) in [5.41, 5.74) is 10.9. The maximum atomic E-state index is 6.66.